The number of carbonyl (C=O) groups is 1. The van der Waals surface area contributed by atoms with Crippen LogP contribution >= 0.6 is 15.9 Å². The lowest BCUT2D eigenvalue weighted by Gasteiger charge is -2.14. The molecular weight excluding hydrogens is 487 g/mol. The van der Waals surface area contributed by atoms with Crippen molar-refractivity contribution in [2.75, 3.05) is 12.4 Å². The largest absolute Gasteiger partial charge is 0.493 e. The van der Waals surface area contributed by atoms with Crippen LogP contribution in [0.1, 0.15) is 22.3 Å². The van der Waals surface area contributed by atoms with E-state index in [0.29, 0.717) is 32.8 Å². The Hall–Kier alpha value is -3.63. The molecule has 1 N–H and O–H groups in total. The van der Waals surface area contributed by atoms with Gasteiger partial charge in [0.15, 0.2) is 11.5 Å². The van der Waals surface area contributed by atoms with Crippen molar-refractivity contribution in [2.45, 2.75) is 20.5 Å². The van der Waals surface area contributed by atoms with Crippen molar-refractivity contribution in [3.63, 3.8) is 0 Å². The van der Waals surface area contributed by atoms with Crippen LogP contribution in [0.2, 0.25) is 0 Å². The molecule has 0 spiro atoms. The minimum atomic E-state index is -0.514. The van der Waals surface area contributed by atoms with Gasteiger partial charge in [0.05, 0.1) is 11.6 Å². The molecule has 0 aliphatic carbocycles. The summed E-state index contributed by atoms with van der Waals surface area (Å²) in [6.07, 6.45) is 1.47. The van der Waals surface area contributed by atoms with Crippen LogP contribution in [0.25, 0.3) is 6.08 Å². The molecule has 168 valence electrons. The predicted molar refractivity (Wildman–Crippen MR) is 130 cm³/mol. The molecule has 0 fully saturated rings. The van der Waals surface area contributed by atoms with E-state index in [1.807, 2.05) is 32.0 Å². The molecule has 3 aromatic rings. The number of ether oxygens (including phenoxy) is 2. The molecule has 0 aliphatic heterocycles. The van der Waals surface area contributed by atoms with E-state index in [1.54, 1.807) is 36.4 Å². The number of carbonyl (C=O) groups excluding carboxylic acids is 1. The van der Waals surface area contributed by atoms with Gasteiger partial charge in [-0.1, -0.05) is 35.9 Å². The lowest BCUT2D eigenvalue weighted by molar-refractivity contribution is -0.112. The van der Waals surface area contributed by atoms with E-state index in [-0.39, 0.29) is 18.0 Å². The molecular formula is C26H22BrFN2O3. The zero-order valence-corrected chi connectivity index (χ0v) is 20.0. The molecule has 0 aromatic heterocycles. The quantitative estimate of drug-likeness (QED) is 0.298. The molecule has 1 amide bonds. The fourth-order valence-corrected chi connectivity index (χ4v) is 3.76. The summed E-state index contributed by atoms with van der Waals surface area (Å²) in [6.45, 7) is 3.87. The van der Waals surface area contributed by atoms with Gasteiger partial charge in [0.2, 0.25) is 0 Å². The molecule has 3 aromatic carbocycles. The maximum absolute atomic E-state index is 13.9. The number of nitrogens with one attached hydrogen (secondary N) is 1. The van der Waals surface area contributed by atoms with Gasteiger partial charge in [-0.3, -0.25) is 4.79 Å². The van der Waals surface area contributed by atoms with Gasteiger partial charge in [-0.2, -0.15) is 5.26 Å². The van der Waals surface area contributed by atoms with E-state index in [2.05, 4.69) is 21.2 Å². The Balaban J connectivity index is 1.84. The van der Waals surface area contributed by atoms with Gasteiger partial charge >= 0.3 is 0 Å². The molecule has 0 aliphatic rings. The van der Waals surface area contributed by atoms with Gasteiger partial charge in [0, 0.05) is 11.3 Å². The Kier molecular flexibility index (Phi) is 7.86. The maximum Gasteiger partial charge on any atom is 0.266 e. The van der Waals surface area contributed by atoms with E-state index in [9.17, 15) is 14.4 Å². The highest BCUT2D eigenvalue weighted by Crippen LogP contribution is 2.38. The number of nitrogens with zero attached hydrogens (tertiary/aromatic N) is 1. The molecule has 0 saturated carbocycles. The number of amides is 1. The molecule has 5 nitrogen and oxygen atoms in total. The van der Waals surface area contributed by atoms with Crippen LogP contribution in [-0.2, 0) is 11.4 Å². The second-order valence-corrected chi connectivity index (χ2v) is 8.21. The second-order valence-electron chi connectivity index (χ2n) is 7.36. The fourth-order valence-electron chi connectivity index (χ4n) is 3.19. The summed E-state index contributed by atoms with van der Waals surface area (Å²) in [4.78, 5) is 12.7. The van der Waals surface area contributed by atoms with Crippen molar-refractivity contribution in [1.82, 2.24) is 0 Å². The first-order chi connectivity index (χ1) is 15.8. The SMILES string of the molecule is COc1cc(/C=C(\C#N)C(=O)Nc2ccc(C)cc2C)cc(Br)c1OCc1ccccc1F. The zero-order chi connectivity index (χ0) is 24.0. The number of hydrogen-bond donors (Lipinski definition) is 1. The molecule has 0 heterocycles. The smallest absolute Gasteiger partial charge is 0.266 e. The average molecular weight is 509 g/mol. The summed E-state index contributed by atoms with van der Waals surface area (Å²) in [5, 5.41) is 12.3. The van der Waals surface area contributed by atoms with E-state index < -0.39 is 5.91 Å². The standard InChI is InChI=1S/C26H22BrFN2O3/c1-16-8-9-23(17(2)10-16)30-26(31)20(14-29)11-18-12-21(27)25(24(13-18)32-3)33-15-19-6-4-5-7-22(19)28/h4-13H,15H2,1-3H3,(H,30,31)/b20-11+. The third-order valence-corrected chi connectivity index (χ3v) is 5.48. The number of aryl methyl sites for hydroxylation is 2. The molecule has 0 saturated heterocycles. The highest BCUT2D eigenvalue weighted by molar-refractivity contribution is 9.10. The summed E-state index contributed by atoms with van der Waals surface area (Å²) in [5.41, 5.74) is 3.53. The molecule has 7 heteroatoms. The van der Waals surface area contributed by atoms with Crippen molar-refractivity contribution >= 4 is 33.6 Å². The van der Waals surface area contributed by atoms with Crippen molar-refractivity contribution in [3.8, 4) is 17.6 Å². The normalized spacial score (nSPS) is 11.0. The topological polar surface area (TPSA) is 71.3 Å². The Morgan fingerprint density at radius 2 is 1.94 bits per heavy atom. The highest BCUT2D eigenvalue weighted by Gasteiger charge is 2.15. The van der Waals surface area contributed by atoms with Crippen LogP contribution in [0, 0.1) is 31.0 Å². The van der Waals surface area contributed by atoms with E-state index in [1.165, 1.54) is 19.3 Å². The Morgan fingerprint density at radius 3 is 2.61 bits per heavy atom. The van der Waals surface area contributed by atoms with Crippen molar-refractivity contribution in [1.29, 1.82) is 5.26 Å². The first-order valence-corrected chi connectivity index (χ1v) is 10.9. The van der Waals surface area contributed by atoms with Crippen molar-refractivity contribution < 1.29 is 18.7 Å². The van der Waals surface area contributed by atoms with E-state index in [4.69, 9.17) is 9.47 Å². The highest BCUT2D eigenvalue weighted by atomic mass is 79.9. The zero-order valence-electron chi connectivity index (χ0n) is 18.4. The fraction of sp³-hybridized carbons (Fsp3) is 0.154. The first kappa shape index (κ1) is 24.0. The number of halogens is 2. The Morgan fingerprint density at radius 1 is 1.18 bits per heavy atom. The van der Waals surface area contributed by atoms with Crippen LogP contribution in [0.4, 0.5) is 10.1 Å². The molecule has 33 heavy (non-hydrogen) atoms. The van der Waals surface area contributed by atoms with Crippen molar-refractivity contribution in [2.24, 2.45) is 0 Å². The lowest BCUT2D eigenvalue weighted by atomic mass is 10.1. The second kappa shape index (κ2) is 10.8. The first-order valence-electron chi connectivity index (χ1n) is 10.1. The molecule has 0 bridgehead atoms. The van der Waals surface area contributed by atoms with Gasteiger partial charge in [-0.15, -0.1) is 0 Å². The van der Waals surface area contributed by atoms with Crippen molar-refractivity contribution in [3.05, 3.63) is 92.7 Å². The third-order valence-electron chi connectivity index (χ3n) is 4.89. The lowest BCUT2D eigenvalue weighted by Crippen LogP contribution is -2.14. The average Bonchev–Trinajstić information content (AvgIpc) is 2.79. The van der Waals surface area contributed by atoms with Crippen LogP contribution in [0.15, 0.2) is 64.6 Å². The van der Waals surface area contributed by atoms with E-state index in [0.717, 1.165) is 11.1 Å². The Labute approximate surface area is 200 Å². The van der Waals surface area contributed by atoms with Gasteiger partial charge in [0.1, 0.15) is 24.1 Å². The molecule has 0 radical (unpaired) electrons. The Bertz CT molecular complexity index is 1260. The number of anilines is 1. The summed E-state index contributed by atoms with van der Waals surface area (Å²) in [6, 6.07) is 17.3. The minimum absolute atomic E-state index is 0.0125. The number of methoxy groups -OCH3 is 1. The van der Waals surface area contributed by atoms with E-state index >= 15 is 0 Å². The summed E-state index contributed by atoms with van der Waals surface area (Å²) in [7, 11) is 1.48. The minimum Gasteiger partial charge on any atom is -0.493 e. The monoisotopic (exact) mass is 508 g/mol. The molecule has 3 rings (SSSR count). The van der Waals surface area contributed by atoms with Gasteiger partial charge < -0.3 is 14.8 Å². The van der Waals surface area contributed by atoms with Gasteiger partial charge in [-0.25, -0.2) is 4.39 Å². The van der Waals surface area contributed by atoms with Gasteiger partial charge in [-0.05, 0) is 71.2 Å². The van der Waals surface area contributed by atoms with Crippen LogP contribution in [0.3, 0.4) is 0 Å². The molecule has 0 unspecified atom stereocenters. The van der Waals surface area contributed by atoms with Crippen LogP contribution < -0.4 is 14.8 Å². The number of benzene rings is 3. The molecule has 0 atom stereocenters. The number of hydrogen-bond acceptors (Lipinski definition) is 4. The number of rotatable bonds is 7. The maximum atomic E-state index is 13.9. The summed E-state index contributed by atoms with van der Waals surface area (Å²) < 4.78 is 25.6. The van der Waals surface area contributed by atoms with Crippen LogP contribution in [-0.4, -0.2) is 13.0 Å². The van der Waals surface area contributed by atoms with Crippen LogP contribution in [0.5, 0.6) is 11.5 Å². The van der Waals surface area contributed by atoms with Gasteiger partial charge in [0.25, 0.3) is 5.91 Å². The third kappa shape index (κ3) is 5.99. The summed E-state index contributed by atoms with van der Waals surface area (Å²) >= 11 is 3.44. The summed E-state index contributed by atoms with van der Waals surface area (Å²) in [5.74, 6) is -0.116. The predicted octanol–water partition coefficient (Wildman–Crippen LogP) is 6.34. The number of nitriles is 1.